The standard InChI is InChI=1S/C13H15BrF2O3/c1-19-11-6-5-9(8-10(11)14)13(15,16)7-3-2-4-12(17)18/h5-6,8H,2-4,7H2,1H3,(H,17,18). The molecule has 1 N–H and O–H groups in total. The number of rotatable bonds is 7. The van der Waals surface area contributed by atoms with Crippen LogP contribution in [0.2, 0.25) is 0 Å². The van der Waals surface area contributed by atoms with Gasteiger partial charge in [-0.15, -0.1) is 0 Å². The third-order valence-electron chi connectivity index (χ3n) is 2.71. The molecule has 0 spiro atoms. The van der Waals surface area contributed by atoms with Crippen molar-refractivity contribution in [2.45, 2.75) is 31.6 Å². The highest BCUT2D eigenvalue weighted by atomic mass is 79.9. The van der Waals surface area contributed by atoms with Gasteiger partial charge in [-0.1, -0.05) is 0 Å². The van der Waals surface area contributed by atoms with E-state index < -0.39 is 11.9 Å². The van der Waals surface area contributed by atoms with Crippen molar-refractivity contribution < 1.29 is 23.4 Å². The average Bonchev–Trinajstić information content (AvgIpc) is 2.34. The molecule has 0 aliphatic rings. The fraction of sp³-hybridized carbons (Fsp3) is 0.462. The highest BCUT2D eigenvalue weighted by Crippen LogP contribution is 2.37. The molecule has 0 saturated carbocycles. The third kappa shape index (κ3) is 4.78. The van der Waals surface area contributed by atoms with Crippen LogP contribution in [0.15, 0.2) is 22.7 Å². The van der Waals surface area contributed by atoms with Gasteiger partial charge in [0.25, 0.3) is 5.92 Å². The van der Waals surface area contributed by atoms with E-state index in [-0.39, 0.29) is 31.2 Å². The predicted octanol–water partition coefficient (Wildman–Crippen LogP) is 4.19. The lowest BCUT2D eigenvalue weighted by atomic mass is 10.0. The second-order valence-corrected chi connectivity index (χ2v) is 5.01. The molecular formula is C13H15BrF2O3. The van der Waals surface area contributed by atoms with Crippen LogP contribution in [0.4, 0.5) is 8.78 Å². The zero-order valence-electron chi connectivity index (χ0n) is 10.5. The lowest BCUT2D eigenvalue weighted by Crippen LogP contribution is -2.13. The lowest BCUT2D eigenvalue weighted by molar-refractivity contribution is -0.137. The number of hydrogen-bond acceptors (Lipinski definition) is 2. The van der Waals surface area contributed by atoms with Crippen LogP contribution in [0.1, 0.15) is 31.2 Å². The summed E-state index contributed by atoms with van der Waals surface area (Å²) in [6.45, 7) is 0. The Labute approximate surface area is 118 Å². The van der Waals surface area contributed by atoms with Crippen LogP contribution in [0.3, 0.4) is 0 Å². The number of carboxylic acid groups (broad SMARTS) is 1. The minimum Gasteiger partial charge on any atom is -0.496 e. The van der Waals surface area contributed by atoms with Crippen molar-refractivity contribution in [1.29, 1.82) is 0 Å². The SMILES string of the molecule is COc1ccc(C(F)(F)CCCCC(=O)O)cc1Br. The van der Waals surface area contributed by atoms with E-state index in [1.54, 1.807) is 0 Å². The van der Waals surface area contributed by atoms with Crippen molar-refractivity contribution in [1.82, 2.24) is 0 Å². The topological polar surface area (TPSA) is 46.5 Å². The Morgan fingerprint density at radius 1 is 1.42 bits per heavy atom. The Morgan fingerprint density at radius 3 is 2.63 bits per heavy atom. The molecule has 1 aromatic rings. The molecule has 6 heteroatoms. The van der Waals surface area contributed by atoms with E-state index in [9.17, 15) is 13.6 Å². The molecule has 1 rings (SSSR count). The van der Waals surface area contributed by atoms with Gasteiger partial charge in [0.15, 0.2) is 0 Å². The second kappa shape index (κ2) is 6.84. The van der Waals surface area contributed by atoms with E-state index in [0.29, 0.717) is 10.2 Å². The smallest absolute Gasteiger partial charge is 0.303 e. The number of aliphatic carboxylic acids is 1. The zero-order valence-corrected chi connectivity index (χ0v) is 12.0. The summed E-state index contributed by atoms with van der Waals surface area (Å²) >= 11 is 3.16. The first-order valence-corrected chi connectivity index (χ1v) is 6.60. The summed E-state index contributed by atoms with van der Waals surface area (Å²) in [7, 11) is 1.46. The second-order valence-electron chi connectivity index (χ2n) is 4.15. The highest BCUT2D eigenvalue weighted by molar-refractivity contribution is 9.10. The molecular weight excluding hydrogens is 322 g/mol. The zero-order chi connectivity index (χ0) is 14.5. The van der Waals surface area contributed by atoms with Gasteiger partial charge >= 0.3 is 5.97 Å². The molecule has 0 atom stereocenters. The maximum absolute atomic E-state index is 13.9. The predicted molar refractivity (Wildman–Crippen MR) is 70.7 cm³/mol. The number of hydrogen-bond donors (Lipinski definition) is 1. The first-order valence-electron chi connectivity index (χ1n) is 5.80. The van der Waals surface area contributed by atoms with Crippen molar-refractivity contribution in [3.05, 3.63) is 28.2 Å². The maximum atomic E-state index is 13.9. The highest BCUT2D eigenvalue weighted by Gasteiger charge is 2.31. The molecule has 0 bridgehead atoms. The molecule has 0 amide bonds. The van der Waals surface area contributed by atoms with Gasteiger partial charge in [-0.2, -0.15) is 0 Å². The first kappa shape index (κ1) is 15.9. The molecule has 0 unspecified atom stereocenters. The van der Waals surface area contributed by atoms with E-state index in [1.807, 2.05) is 0 Å². The number of halogens is 3. The number of unbranched alkanes of at least 4 members (excludes halogenated alkanes) is 1. The molecule has 0 aromatic heterocycles. The first-order chi connectivity index (χ1) is 8.86. The van der Waals surface area contributed by atoms with Crippen molar-refractivity contribution in [3.63, 3.8) is 0 Å². The van der Waals surface area contributed by atoms with E-state index >= 15 is 0 Å². The fourth-order valence-corrected chi connectivity index (χ4v) is 2.20. The lowest BCUT2D eigenvalue weighted by Gasteiger charge is -2.17. The van der Waals surface area contributed by atoms with Gasteiger partial charge in [0.1, 0.15) is 5.75 Å². The van der Waals surface area contributed by atoms with Crippen LogP contribution >= 0.6 is 15.9 Å². The number of benzene rings is 1. The Balaban J connectivity index is 2.66. The van der Waals surface area contributed by atoms with Crippen LogP contribution in [0.5, 0.6) is 5.75 Å². The third-order valence-corrected chi connectivity index (χ3v) is 3.33. The number of alkyl halides is 2. The normalized spacial score (nSPS) is 11.4. The molecule has 1 aromatic carbocycles. The molecule has 0 heterocycles. The van der Waals surface area contributed by atoms with Crippen molar-refractivity contribution in [2.75, 3.05) is 7.11 Å². The number of carboxylic acids is 1. The van der Waals surface area contributed by atoms with E-state index in [2.05, 4.69) is 15.9 Å². The van der Waals surface area contributed by atoms with Crippen LogP contribution in [-0.2, 0) is 10.7 Å². The summed E-state index contributed by atoms with van der Waals surface area (Å²) in [5, 5.41) is 8.45. The van der Waals surface area contributed by atoms with Gasteiger partial charge in [-0.25, -0.2) is 8.78 Å². The van der Waals surface area contributed by atoms with E-state index in [1.165, 1.54) is 25.3 Å². The Morgan fingerprint density at radius 2 is 2.11 bits per heavy atom. The summed E-state index contributed by atoms with van der Waals surface area (Å²) in [5.41, 5.74) is -0.101. The molecule has 0 saturated heterocycles. The molecule has 106 valence electrons. The molecule has 0 fully saturated rings. The van der Waals surface area contributed by atoms with Gasteiger partial charge in [0.05, 0.1) is 11.6 Å². The Bertz CT molecular complexity index is 450. The maximum Gasteiger partial charge on any atom is 0.303 e. The molecule has 0 aliphatic carbocycles. The van der Waals surface area contributed by atoms with Gasteiger partial charge in [0.2, 0.25) is 0 Å². The summed E-state index contributed by atoms with van der Waals surface area (Å²) < 4.78 is 33.2. The number of carbonyl (C=O) groups is 1. The van der Waals surface area contributed by atoms with E-state index in [4.69, 9.17) is 9.84 Å². The van der Waals surface area contributed by atoms with Gasteiger partial charge in [-0.05, 0) is 47.0 Å². The van der Waals surface area contributed by atoms with Crippen molar-refractivity contribution in [3.8, 4) is 5.75 Å². The van der Waals surface area contributed by atoms with Crippen LogP contribution in [0.25, 0.3) is 0 Å². The largest absolute Gasteiger partial charge is 0.496 e. The Hall–Kier alpha value is -1.17. The van der Waals surface area contributed by atoms with Crippen molar-refractivity contribution >= 4 is 21.9 Å². The summed E-state index contributed by atoms with van der Waals surface area (Å²) in [4.78, 5) is 10.3. The molecule has 0 aliphatic heterocycles. The summed E-state index contributed by atoms with van der Waals surface area (Å²) in [5.74, 6) is -3.44. The van der Waals surface area contributed by atoms with Crippen LogP contribution < -0.4 is 4.74 Å². The monoisotopic (exact) mass is 336 g/mol. The van der Waals surface area contributed by atoms with Crippen molar-refractivity contribution in [2.24, 2.45) is 0 Å². The Kier molecular flexibility index (Phi) is 5.72. The molecule has 0 radical (unpaired) electrons. The fourth-order valence-electron chi connectivity index (χ4n) is 1.66. The number of methoxy groups -OCH3 is 1. The van der Waals surface area contributed by atoms with Gasteiger partial charge < -0.3 is 9.84 Å². The summed E-state index contributed by atoms with van der Waals surface area (Å²) in [6.07, 6.45) is -0.0212. The summed E-state index contributed by atoms with van der Waals surface area (Å²) in [6, 6.07) is 4.13. The minimum absolute atomic E-state index is 0.0810. The number of ether oxygens (including phenoxy) is 1. The molecule has 19 heavy (non-hydrogen) atoms. The minimum atomic E-state index is -2.96. The quantitative estimate of drug-likeness (QED) is 0.759. The molecule has 3 nitrogen and oxygen atoms in total. The van der Waals surface area contributed by atoms with E-state index in [0.717, 1.165) is 0 Å². The van der Waals surface area contributed by atoms with Gasteiger partial charge in [0, 0.05) is 18.4 Å². The van der Waals surface area contributed by atoms with Crippen LogP contribution in [-0.4, -0.2) is 18.2 Å². The van der Waals surface area contributed by atoms with Crippen LogP contribution in [0, 0.1) is 0 Å². The van der Waals surface area contributed by atoms with Gasteiger partial charge in [-0.3, -0.25) is 4.79 Å². The average molecular weight is 337 g/mol.